The van der Waals surface area contributed by atoms with Crippen LogP contribution in [0.25, 0.3) is 10.8 Å². The molecule has 3 amide bonds. The van der Waals surface area contributed by atoms with E-state index in [4.69, 9.17) is 10.5 Å². The lowest BCUT2D eigenvalue weighted by Gasteiger charge is -2.36. The lowest BCUT2D eigenvalue weighted by atomic mass is 9.82. The fourth-order valence-electron chi connectivity index (χ4n) is 6.49. The fraction of sp³-hybridized carbons (Fsp3) is 0.424. The number of carbonyl (C=O) groups is 3. The number of carbonyl (C=O) groups excluding carboxylic acids is 3. The van der Waals surface area contributed by atoms with E-state index in [0.29, 0.717) is 29.5 Å². The quantitative estimate of drug-likeness (QED) is 0.338. The van der Waals surface area contributed by atoms with Crippen LogP contribution >= 0.6 is 15.9 Å². The lowest BCUT2D eigenvalue weighted by molar-refractivity contribution is -0.133. The lowest BCUT2D eigenvalue weighted by Crippen LogP contribution is -2.63. The molecule has 0 aromatic heterocycles. The van der Waals surface area contributed by atoms with E-state index in [2.05, 4.69) is 21.2 Å². The molecule has 0 radical (unpaired) electrons. The Kier molecular flexibility index (Phi) is 8.89. The normalized spacial score (nSPS) is 19.2. The molecule has 0 bridgehead atoms. The molecule has 1 aliphatic carbocycles. The smallest absolute Gasteiger partial charge is 0.238 e. The van der Waals surface area contributed by atoms with Gasteiger partial charge in [0.1, 0.15) is 11.3 Å². The minimum absolute atomic E-state index is 0.0375. The van der Waals surface area contributed by atoms with Crippen molar-refractivity contribution in [3.63, 3.8) is 0 Å². The topological polar surface area (TPSA) is 105 Å². The van der Waals surface area contributed by atoms with Crippen molar-refractivity contribution in [3.05, 3.63) is 64.6 Å². The Bertz CT molecular complexity index is 1500. The van der Waals surface area contributed by atoms with Crippen molar-refractivity contribution in [1.29, 1.82) is 0 Å². The van der Waals surface area contributed by atoms with Gasteiger partial charge in [-0.2, -0.15) is 0 Å². The van der Waals surface area contributed by atoms with Gasteiger partial charge in [-0.25, -0.2) is 0 Å². The first-order chi connectivity index (χ1) is 20.2. The summed E-state index contributed by atoms with van der Waals surface area (Å²) in [6, 6.07) is 17.4. The maximum atomic E-state index is 14.7. The summed E-state index contributed by atoms with van der Waals surface area (Å²) in [6.45, 7) is 1.86. The maximum Gasteiger partial charge on any atom is 0.238 e. The van der Waals surface area contributed by atoms with E-state index in [9.17, 15) is 14.4 Å². The van der Waals surface area contributed by atoms with E-state index in [1.54, 1.807) is 30.9 Å². The van der Waals surface area contributed by atoms with Crippen molar-refractivity contribution in [1.82, 2.24) is 5.32 Å². The van der Waals surface area contributed by atoms with E-state index >= 15 is 0 Å². The third-order valence-electron chi connectivity index (χ3n) is 9.20. The highest BCUT2D eigenvalue weighted by molar-refractivity contribution is 9.10. The van der Waals surface area contributed by atoms with Crippen LogP contribution in [0, 0.1) is 11.8 Å². The monoisotopic (exact) mass is 634 g/mol. The molecule has 1 aliphatic heterocycles. The van der Waals surface area contributed by atoms with E-state index in [-0.39, 0.29) is 24.9 Å². The second-order valence-corrected chi connectivity index (χ2v) is 12.5. The zero-order chi connectivity index (χ0) is 30.0. The van der Waals surface area contributed by atoms with Gasteiger partial charge in [0.2, 0.25) is 17.7 Å². The van der Waals surface area contributed by atoms with Crippen molar-refractivity contribution < 1.29 is 19.1 Å². The van der Waals surface area contributed by atoms with Crippen LogP contribution in [0.5, 0.6) is 5.75 Å². The summed E-state index contributed by atoms with van der Waals surface area (Å²) in [4.78, 5) is 45.0. The number of ether oxygens (including phenoxy) is 1. The number of para-hydroxylation sites is 2. The minimum Gasteiger partial charge on any atom is -0.496 e. The van der Waals surface area contributed by atoms with Crippen molar-refractivity contribution in [2.45, 2.75) is 57.5 Å². The average Bonchev–Trinajstić information content (AvgIpc) is 3.11. The van der Waals surface area contributed by atoms with E-state index in [1.807, 2.05) is 54.6 Å². The number of halogens is 1. The molecule has 3 aromatic carbocycles. The predicted octanol–water partition coefficient (Wildman–Crippen LogP) is 5.54. The van der Waals surface area contributed by atoms with Gasteiger partial charge in [0, 0.05) is 23.0 Å². The molecule has 0 spiro atoms. The summed E-state index contributed by atoms with van der Waals surface area (Å²) in [5, 5.41) is 4.97. The molecule has 1 heterocycles. The molecular weight excluding hydrogens is 596 g/mol. The number of hydrogen-bond donors (Lipinski definition) is 2. The van der Waals surface area contributed by atoms with Gasteiger partial charge in [-0.15, -0.1) is 0 Å². The van der Waals surface area contributed by atoms with Gasteiger partial charge < -0.3 is 25.6 Å². The number of likely N-dealkylation sites (N-methyl/N-ethyl adjacent to an activating group) is 1. The molecule has 3 N–H and O–H groups in total. The summed E-state index contributed by atoms with van der Waals surface area (Å²) in [5.41, 5.74) is 6.63. The van der Waals surface area contributed by atoms with E-state index in [1.165, 1.54) is 6.42 Å². The van der Waals surface area contributed by atoms with Gasteiger partial charge in [-0.3, -0.25) is 14.4 Å². The molecule has 9 heteroatoms. The second kappa shape index (κ2) is 12.4. The molecule has 5 rings (SSSR count). The van der Waals surface area contributed by atoms with Crippen LogP contribution in [-0.4, -0.2) is 44.0 Å². The van der Waals surface area contributed by atoms with Crippen LogP contribution in [0.4, 0.5) is 11.4 Å². The highest BCUT2D eigenvalue weighted by Crippen LogP contribution is 2.41. The van der Waals surface area contributed by atoms with Gasteiger partial charge in [-0.1, -0.05) is 59.5 Å². The van der Waals surface area contributed by atoms with Crippen LogP contribution in [0.1, 0.15) is 51.0 Å². The number of methoxy groups -OCH3 is 1. The SMILES string of the molecule is CNC(C)(C(N)=O)[C@@H]1CN(C(=O)CC2CCCCC2)c2ccccc2N(Cc2c(OC)ccc3cc(Br)ccc23)C1=O. The number of anilines is 2. The van der Waals surface area contributed by atoms with Gasteiger partial charge in [0.25, 0.3) is 0 Å². The predicted molar refractivity (Wildman–Crippen MR) is 170 cm³/mol. The first-order valence-corrected chi connectivity index (χ1v) is 15.4. The van der Waals surface area contributed by atoms with Crippen LogP contribution in [0.15, 0.2) is 59.1 Å². The molecule has 42 heavy (non-hydrogen) atoms. The summed E-state index contributed by atoms with van der Waals surface area (Å²) in [6.07, 6.45) is 5.94. The number of nitrogens with zero attached hydrogens (tertiary/aromatic N) is 2. The number of fused-ring (bicyclic) bond motifs is 2. The van der Waals surface area contributed by atoms with Crippen LogP contribution in [0.3, 0.4) is 0 Å². The molecule has 8 nitrogen and oxygen atoms in total. The van der Waals surface area contributed by atoms with Crippen molar-refractivity contribution >= 4 is 55.8 Å². The van der Waals surface area contributed by atoms with E-state index < -0.39 is 17.4 Å². The Labute approximate surface area is 255 Å². The Hall–Kier alpha value is -3.43. The van der Waals surface area contributed by atoms with Crippen LogP contribution in [-0.2, 0) is 20.9 Å². The molecule has 1 unspecified atom stereocenters. The highest BCUT2D eigenvalue weighted by atomic mass is 79.9. The summed E-state index contributed by atoms with van der Waals surface area (Å²) in [7, 11) is 3.24. The number of primary amides is 1. The number of hydrogen-bond acceptors (Lipinski definition) is 5. The maximum absolute atomic E-state index is 14.7. The van der Waals surface area contributed by atoms with Crippen LogP contribution < -0.4 is 25.6 Å². The van der Waals surface area contributed by atoms with Crippen molar-refractivity contribution in [2.24, 2.45) is 17.6 Å². The first kappa shape index (κ1) is 30.0. The number of nitrogens with one attached hydrogen (secondary N) is 1. The minimum atomic E-state index is -1.39. The van der Waals surface area contributed by atoms with Crippen LogP contribution in [0.2, 0.25) is 0 Å². The summed E-state index contributed by atoms with van der Waals surface area (Å²) < 4.78 is 6.72. The van der Waals surface area contributed by atoms with Gasteiger partial charge in [0.15, 0.2) is 0 Å². The van der Waals surface area contributed by atoms with Gasteiger partial charge in [-0.05, 0) is 73.8 Å². The number of nitrogens with two attached hydrogens (primary N) is 1. The Morgan fingerprint density at radius 2 is 1.79 bits per heavy atom. The second-order valence-electron chi connectivity index (χ2n) is 11.6. The summed E-state index contributed by atoms with van der Waals surface area (Å²) >= 11 is 3.56. The number of rotatable bonds is 8. The molecule has 1 saturated carbocycles. The molecule has 0 saturated heterocycles. The Morgan fingerprint density at radius 1 is 1.07 bits per heavy atom. The molecule has 3 aromatic rings. The van der Waals surface area contributed by atoms with Gasteiger partial charge >= 0.3 is 0 Å². The zero-order valence-corrected chi connectivity index (χ0v) is 26.1. The number of benzene rings is 3. The van der Waals surface area contributed by atoms with E-state index in [0.717, 1.165) is 46.5 Å². The third kappa shape index (κ3) is 5.64. The fourth-order valence-corrected chi connectivity index (χ4v) is 6.87. The average molecular weight is 636 g/mol. The molecule has 2 atom stereocenters. The molecular formula is C33H39BrN4O4. The first-order valence-electron chi connectivity index (χ1n) is 14.6. The standard InChI is InChI=1S/C33H39BrN4O4/c1-33(36-2,32(35)41)26-20-37(30(39)17-21-9-5-4-6-10-21)27-11-7-8-12-28(27)38(31(26)40)19-25-24-15-14-23(34)18-22(24)13-16-29(25)42-3/h7-8,11-16,18,21,26,36H,4-6,9-10,17,19-20H2,1-3H3,(H2,35,41)/t26-,33?/m1/s1. The van der Waals surface area contributed by atoms with Crippen molar-refractivity contribution in [2.75, 3.05) is 30.5 Å². The highest BCUT2D eigenvalue weighted by Gasteiger charge is 2.48. The summed E-state index contributed by atoms with van der Waals surface area (Å²) in [5.74, 6) is -0.948. The molecule has 2 aliphatic rings. The largest absolute Gasteiger partial charge is 0.496 e. The zero-order valence-electron chi connectivity index (χ0n) is 24.5. The van der Waals surface area contributed by atoms with Gasteiger partial charge in [0.05, 0.1) is 30.9 Å². The van der Waals surface area contributed by atoms with Crippen molar-refractivity contribution in [3.8, 4) is 5.75 Å². The third-order valence-corrected chi connectivity index (χ3v) is 9.69. The number of amides is 3. The Balaban J connectivity index is 1.65. The molecule has 1 fully saturated rings. The Morgan fingerprint density at radius 3 is 2.45 bits per heavy atom. The molecule has 222 valence electrons.